The first-order valence-corrected chi connectivity index (χ1v) is 7.86. The van der Waals surface area contributed by atoms with Gasteiger partial charge in [-0.05, 0) is 43.0 Å². The highest BCUT2D eigenvalue weighted by Gasteiger charge is 2.28. The summed E-state index contributed by atoms with van der Waals surface area (Å²) in [6.45, 7) is 0. The Morgan fingerprint density at radius 2 is 2.04 bits per heavy atom. The third-order valence-corrected chi connectivity index (χ3v) is 4.40. The maximum atomic E-state index is 8.71. The summed E-state index contributed by atoms with van der Waals surface area (Å²) in [7, 11) is 0. The van der Waals surface area contributed by atoms with Crippen LogP contribution in [0.1, 0.15) is 19.3 Å². The number of imidazole rings is 1. The molecule has 0 atom stereocenters. The molecule has 1 saturated carbocycles. The molecular formula is C18H17N5. The van der Waals surface area contributed by atoms with Crippen LogP contribution in [0.15, 0.2) is 48.8 Å². The fourth-order valence-electron chi connectivity index (χ4n) is 3.14. The molecule has 1 fully saturated rings. The highest BCUT2D eigenvalue weighted by Crippen LogP contribution is 2.32. The number of nitrogens with one attached hydrogen (secondary N) is 1. The molecule has 5 heteroatoms. The number of para-hydroxylation sites is 2. The summed E-state index contributed by atoms with van der Waals surface area (Å²) in [6, 6.07) is 16.7. The van der Waals surface area contributed by atoms with E-state index >= 15 is 0 Å². The van der Waals surface area contributed by atoms with Crippen LogP contribution in [0.25, 0.3) is 16.9 Å². The van der Waals surface area contributed by atoms with Crippen LogP contribution in [-0.2, 0) is 0 Å². The van der Waals surface area contributed by atoms with E-state index in [1.54, 1.807) is 0 Å². The van der Waals surface area contributed by atoms with E-state index < -0.39 is 0 Å². The zero-order valence-electron chi connectivity index (χ0n) is 12.7. The van der Waals surface area contributed by atoms with Crippen molar-refractivity contribution < 1.29 is 0 Å². The Labute approximate surface area is 134 Å². The highest BCUT2D eigenvalue weighted by molar-refractivity contribution is 5.76. The number of nitriles is 1. The van der Waals surface area contributed by atoms with Gasteiger partial charge in [0.1, 0.15) is 18.0 Å². The topological polar surface area (TPSA) is 66.5 Å². The summed E-state index contributed by atoms with van der Waals surface area (Å²) in [5.74, 6) is 2.27. The number of benzene rings is 1. The average molecular weight is 303 g/mol. The number of hydrogen-bond donors (Lipinski definition) is 1. The van der Waals surface area contributed by atoms with E-state index in [9.17, 15) is 0 Å². The van der Waals surface area contributed by atoms with Gasteiger partial charge in [-0.25, -0.2) is 9.97 Å². The minimum atomic E-state index is 0.427. The number of aromatic nitrogens is 3. The first kappa shape index (κ1) is 13.8. The summed E-state index contributed by atoms with van der Waals surface area (Å²) in [4.78, 5) is 9.12. The zero-order chi connectivity index (χ0) is 15.6. The van der Waals surface area contributed by atoms with Crippen LogP contribution in [0.3, 0.4) is 0 Å². The molecule has 114 valence electrons. The SMILES string of the molecule is N#CCC1CC(Nc2cccc(-n3cnc4ccccc43)n2)C1. The van der Waals surface area contributed by atoms with Crippen molar-refractivity contribution in [1.82, 2.24) is 14.5 Å². The molecule has 1 aromatic carbocycles. The predicted octanol–water partition coefficient (Wildman–Crippen LogP) is 3.52. The lowest BCUT2D eigenvalue weighted by Crippen LogP contribution is -2.35. The lowest BCUT2D eigenvalue weighted by atomic mass is 9.78. The Kier molecular flexibility index (Phi) is 3.43. The summed E-state index contributed by atoms with van der Waals surface area (Å²) in [6.07, 6.45) is 4.57. The van der Waals surface area contributed by atoms with Gasteiger partial charge in [0.2, 0.25) is 0 Å². The van der Waals surface area contributed by atoms with Gasteiger partial charge in [0, 0.05) is 12.5 Å². The molecule has 0 bridgehead atoms. The molecule has 1 aliphatic carbocycles. The van der Waals surface area contributed by atoms with Crippen molar-refractivity contribution in [2.24, 2.45) is 5.92 Å². The monoisotopic (exact) mass is 303 g/mol. The first-order valence-electron chi connectivity index (χ1n) is 7.86. The fraction of sp³-hybridized carbons (Fsp3) is 0.278. The largest absolute Gasteiger partial charge is 0.367 e. The van der Waals surface area contributed by atoms with Crippen LogP contribution in [0.5, 0.6) is 0 Å². The molecule has 0 amide bonds. The number of hydrogen-bond acceptors (Lipinski definition) is 4. The highest BCUT2D eigenvalue weighted by atomic mass is 15.1. The van der Waals surface area contributed by atoms with E-state index in [0.29, 0.717) is 18.4 Å². The van der Waals surface area contributed by atoms with E-state index in [0.717, 1.165) is 35.5 Å². The van der Waals surface area contributed by atoms with Crippen molar-refractivity contribution in [2.75, 3.05) is 5.32 Å². The smallest absolute Gasteiger partial charge is 0.140 e. The molecule has 0 unspecified atom stereocenters. The van der Waals surface area contributed by atoms with Crippen LogP contribution in [0.2, 0.25) is 0 Å². The van der Waals surface area contributed by atoms with Crippen molar-refractivity contribution in [2.45, 2.75) is 25.3 Å². The summed E-state index contributed by atoms with van der Waals surface area (Å²) >= 11 is 0. The Morgan fingerprint density at radius 1 is 1.17 bits per heavy atom. The van der Waals surface area contributed by atoms with Crippen molar-refractivity contribution in [3.8, 4) is 11.9 Å². The average Bonchev–Trinajstić information content (AvgIpc) is 2.97. The first-order chi connectivity index (χ1) is 11.3. The molecule has 5 nitrogen and oxygen atoms in total. The second-order valence-electron chi connectivity index (χ2n) is 6.03. The van der Waals surface area contributed by atoms with Crippen LogP contribution in [0.4, 0.5) is 5.82 Å². The second kappa shape index (κ2) is 5.73. The van der Waals surface area contributed by atoms with Gasteiger partial charge in [0.05, 0.1) is 17.1 Å². The predicted molar refractivity (Wildman–Crippen MR) is 89.2 cm³/mol. The molecular weight excluding hydrogens is 286 g/mol. The lowest BCUT2D eigenvalue weighted by molar-refractivity contribution is 0.288. The summed E-state index contributed by atoms with van der Waals surface area (Å²) in [5.41, 5.74) is 2.01. The quantitative estimate of drug-likeness (QED) is 0.800. The standard InChI is InChI=1S/C18H17N5/c19-9-8-13-10-14(11-13)21-17-6-3-7-18(22-17)23-12-20-15-4-1-2-5-16(15)23/h1-7,12-14H,8,10-11H2,(H,21,22). The van der Waals surface area contributed by atoms with Gasteiger partial charge in [-0.15, -0.1) is 0 Å². The van der Waals surface area contributed by atoms with Crippen molar-refractivity contribution in [3.63, 3.8) is 0 Å². The third-order valence-electron chi connectivity index (χ3n) is 4.40. The molecule has 2 aromatic heterocycles. The third kappa shape index (κ3) is 2.64. The number of rotatable bonds is 4. The molecule has 4 rings (SSSR count). The van der Waals surface area contributed by atoms with Crippen LogP contribution >= 0.6 is 0 Å². The van der Waals surface area contributed by atoms with E-state index in [1.165, 1.54) is 0 Å². The Balaban J connectivity index is 1.54. The van der Waals surface area contributed by atoms with Crippen LogP contribution in [-0.4, -0.2) is 20.6 Å². The molecule has 0 aliphatic heterocycles. The summed E-state index contributed by atoms with van der Waals surface area (Å²) in [5, 5.41) is 12.2. The van der Waals surface area contributed by atoms with Crippen LogP contribution in [0, 0.1) is 17.2 Å². The van der Waals surface area contributed by atoms with Crippen molar-refractivity contribution in [3.05, 3.63) is 48.8 Å². The minimum Gasteiger partial charge on any atom is -0.367 e. The zero-order valence-corrected chi connectivity index (χ0v) is 12.7. The van der Waals surface area contributed by atoms with Gasteiger partial charge in [0.15, 0.2) is 0 Å². The molecule has 3 aromatic rings. The molecule has 23 heavy (non-hydrogen) atoms. The number of fused-ring (bicyclic) bond motifs is 1. The van der Waals surface area contributed by atoms with Crippen LogP contribution < -0.4 is 5.32 Å². The maximum Gasteiger partial charge on any atom is 0.140 e. The Morgan fingerprint density at radius 3 is 2.91 bits per heavy atom. The molecule has 1 N–H and O–H groups in total. The maximum absolute atomic E-state index is 8.71. The molecule has 0 saturated heterocycles. The second-order valence-corrected chi connectivity index (χ2v) is 6.03. The minimum absolute atomic E-state index is 0.427. The van der Waals surface area contributed by atoms with Crippen molar-refractivity contribution in [1.29, 1.82) is 5.26 Å². The molecule has 1 aliphatic rings. The number of nitrogens with zero attached hydrogens (tertiary/aromatic N) is 4. The van der Waals surface area contributed by atoms with Gasteiger partial charge in [-0.1, -0.05) is 18.2 Å². The molecule has 0 spiro atoms. The summed E-state index contributed by atoms with van der Waals surface area (Å²) < 4.78 is 2.00. The van der Waals surface area contributed by atoms with Gasteiger partial charge >= 0.3 is 0 Å². The number of pyridine rings is 1. The number of anilines is 1. The van der Waals surface area contributed by atoms with E-state index in [2.05, 4.69) is 16.4 Å². The normalized spacial score (nSPS) is 20.0. The van der Waals surface area contributed by atoms with E-state index in [1.807, 2.05) is 53.4 Å². The van der Waals surface area contributed by atoms with Gasteiger partial charge in [-0.3, -0.25) is 4.57 Å². The molecule has 2 heterocycles. The van der Waals surface area contributed by atoms with E-state index in [4.69, 9.17) is 10.2 Å². The Hall–Kier alpha value is -2.87. The fourth-order valence-corrected chi connectivity index (χ4v) is 3.14. The van der Waals surface area contributed by atoms with Gasteiger partial charge < -0.3 is 5.32 Å². The van der Waals surface area contributed by atoms with Gasteiger partial charge in [-0.2, -0.15) is 5.26 Å². The molecule has 0 radical (unpaired) electrons. The van der Waals surface area contributed by atoms with Gasteiger partial charge in [0.25, 0.3) is 0 Å². The Bertz CT molecular complexity index is 870. The van der Waals surface area contributed by atoms with Crippen molar-refractivity contribution >= 4 is 16.9 Å². The van der Waals surface area contributed by atoms with E-state index in [-0.39, 0.29) is 0 Å². The lowest BCUT2D eigenvalue weighted by Gasteiger charge is -2.34.